The van der Waals surface area contributed by atoms with E-state index in [9.17, 15) is 4.79 Å². The molecule has 1 N–H and O–H groups in total. The highest BCUT2D eigenvalue weighted by Gasteiger charge is 2.45. The van der Waals surface area contributed by atoms with Crippen LogP contribution in [0, 0.1) is 17.3 Å². The molecule has 1 aliphatic rings. The Morgan fingerprint density at radius 3 is 2.50 bits per heavy atom. The number of alkyl halides is 1. The summed E-state index contributed by atoms with van der Waals surface area (Å²) < 4.78 is 4.99. The fourth-order valence-corrected chi connectivity index (χ4v) is 3.64. The van der Waals surface area contributed by atoms with Gasteiger partial charge in [0, 0.05) is 17.6 Å². The summed E-state index contributed by atoms with van der Waals surface area (Å²) in [7, 11) is 0. The van der Waals surface area contributed by atoms with Gasteiger partial charge in [0.15, 0.2) is 0 Å². The van der Waals surface area contributed by atoms with Gasteiger partial charge in [-0.1, -0.05) is 20.8 Å². The minimum Gasteiger partial charge on any atom is -0.462 e. The molecule has 0 bridgehead atoms. The van der Waals surface area contributed by atoms with E-state index in [0.29, 0.717) is 24.0 Å². The van der Waals surface area contributed by atoms with Crippen molar-refractivity contribution in [3.05, 3.63) is 29.8 Å². The van der Waals surface area contributed by atoms with Crippen molar-refractivity contribution in [2.75, 3.05) is 18.5 Å². The summed E-state index contributed by atoms with van der Waals surface area (Å²) in [6.07, 6.45) is 1.15. The van der Waals surface area contributed by atoms with Gasteiger partial charge in [0.1, 0.15) is 0 Å². The van der Waals surface area contributed by atoms with Crippen LogP contribution in [0.5, 0.6) is 0 Å². The quantitative estimate of drug-likeness (QED) is 0.637. The van der Waals surface area contributed by atoms with Gasteiger partial charge in [0.2, 0.25) is 0 Å². The van der Waals surface area contributed by atoms with Gasteiger partial charge in [-0.2, -0.15) is 0 Å². The Morgan fingerprint density at radius 2 is 2.00 bits per heavy atom. The van der Waals surface area contributed by atoms with Crippen molar-refractivity contribution >= 4 is 23.3 Å². The number of hydrogen-bond donors (Lipinski definition) is 1. The molecule has 3 atom stereocenters. The van der Waals surface area contributed by atoms with Crippen LogP contribution in [0.1, 0.15) is 44.5 Å². The predicted octanol–water partition coefficient (Wildman–Crippen LogP) is 4.56. The van der Waals surface area contributed by atoms with Crippen LogP contribution >= 0.6 is 11.6 Å². The fraction of sp³-hybridized carbons (Fsp3) is 0.611. The highest BCUT2D eigenvalue weighted by molar-refractivity contribution is 6.21. The van der Waals surface area contributed by atoms with E-state index in [1.807, 2.05) is 19.1 Å². The van der Waals surface area contributed by atoms with Crippen molar-refractivity contribution in [1.82, 2.24) is 0 Å². The molecule has 1 aromatic rings. The third kappa shape index (κ3) is 3.57. The van der Waals surface area contributed by atoms with E-state index < -0.39 is 0 Å². The van der Waals surface area contributed by atoms with Crippen LogP contribution in [0.2, 0.25) is 0 Å². The van der Waals surface area contributed by atoms with Crippen LogP contribution in [0.25, 0.3) is 0 Å². The summed E-state index contributed by atoms with van der Waals surface area (Å²) >= 11 is 6.54. The molecule has 0 heterocycles. The lowest BCUT2D eigenvalue weighted by atomic mass is 9.81. The lowest BCUT2D eigenvalue weighted by molar-refractivity contribution is 0.0526. The maximum Gasteiger partial charge on any atom is 0.338 e. The monoisotopic (exact) mass is 323 g/mol. The molecule has 3 nitrogen and oxygen atoms in total. The van der Waals surface area contributed by atoms with Gasteiger partial charge in [-0.3, -0.25) is 0 Å². The zero-order chi connectivity index (χ0) is 16.3. The largest absolute Gasteiger partial charge is 0.462 e. The maximum atomic E-state index is 11.6. The van der Waals surface area contributed by atoms with E-state index in [1.165, 1.54) is 0 Å². The second-order valence-electron chi connectivity index (χ2n) is 6.81. The number of hydrogen-bond acceptors (Lipinski definition) is 3. The Hall–Kier alpha value is -1.22. The number of halogens is 1. The lowest BCUT2D eigenvalue weighted by Crippen LogP contribution is -2.31. The average molecular weight is 324 g/mol. The minimum absolute atomic E-state index is 0.138. The van der Waals surface area contributed by atoms with Gasteiger partial charge < -0.3 is 10.1 Å². The molecule has 122 valence electrons. The third-order valence-electron chi connectivity index (χ3n) is 4.87. The van der Waals surface area contributed by atoms with Crippen molar-refractivity contribution in [1.29, 1.82) is 0 Å². The Balaban J connectivity index is 1.94. The number of esters is 1. The first-order valence-electron chi connectivity index (χ1n) is 8.01. The first-order valence-corrected chi connectivity index (χ1v) is 8.45. The van der Waals surface area contributed by atoms with Crippen LogP contribution < -0.4 is 5.32 Å². The molecule has 0 amide bonds. The minimum atomic E-state index is -0.273. The van der Waals surface area contributed by atoms with Crippen LogP contribution in [0.15, 0.2) is 24.3 Å². The number of nitrogens with one attached hydrogen (secondary N) is 1. The molecule has 0 saturated heterocycles. The van der Waals surface area contributed by atoms with E-state index >= 15 is 0 Å². The molecule has 0 spiro atoms. The summed E-state index contributed by atoms with van der Waals surface area (Å²) in [5, 5.41) is 3.70. The maximum absolute atomic E-state index is 11.6. The molecule has 3 unspecified atom stereocenters. The van der Waals surface area contributed by atoms with E-state index in [1.54, 1.807) is 12.1 Å². The summed E-state index contributed by atoms with van der Waals surface area (Å²) in [5.74, 6) is 0.828. The Labute approximate surface area is 138 Å². The first-order chi connectivity index (χ1) is 10.4. The number of carbonyl (C=O) groups excluding carboxylic acids is 1. The highest BCUT2D eigenvalue weighted by Crippen LogP contribution is 2.49. The van der Waals surface area contributed by atoms with Crippen LogP contribution in [-0.4, -0.2) is 24.5 Å². The van der Waals surface area contributed by atoms with E-state index in [-0.39, 0.29) is 16.8 Å². The second-order valence-corrected chi connectivity index (χ2v) is 7.28. The smallest absolute Gasteiger partial charge is 0.338 e. The molecule has 0 aromatic heterocycles. The van der Waals surface area contributed by atoms with Crippen LogP contribution in [0.4, 0.5) is 5.69 Å². The molecule has 0 radical (unpaired) electrons. The molecule has 1 aromatic carbocycles. The molecule has 1 saturated carbocycles. The second kappa shape index (κ2) is 6.91. The van der Waals surface area contributed by atoms with Gasteiger partial charge in [0.05, 0.1) is 12.2 Å². The van der Waals surface area contributed by atoms with Gasteiger partial charge in [-0.05, 0) is 54.9 Å². The van der Waals surface area contributed by atoms with Gasteiger partial charge in [-0.25, -0.2) is 4.79 Å². The molecular formula is C18H26ClNO2. The summed E-state index contributed by atoms with van der Waals surface area (Å²) in [5.41, 5.74) is 1.75. The normalized spacial score (nSPS) is 26.7. The number of anilines is 1. The molecule has 1 aliphatic carbocycles. The zero-order valence-electron chi connectivity index (χ0n) is 13.9. The fourth-order valence-electron chi connectivity index (χ4n) is 3.36. The van der Waals surface area contributed by atoms with Crippen LogP contribution in [-0.2, 0) is 4.74 Å². The number of ether oxygens (including phenoxy) is 1. The third-order valence-corrected chi connectivity index (χ3v) is 5.86. The Bertz CT molecular complexity index is 512. The molecule has 2 rings (SSSR count). The van der Waals surface area contributed by atoms with Gasteiger partial charge in [0.25, 0.3) is 0 Å². The Kier molecular flexibility index (Phi) is 5.38. The topological polar surface area (TPSA) is 38.3 Å². The van der Waals surface area contributed by atoms with Crippen molar-refractivity contribution in [3.8, 4) is 0 Å². The highest BCUT2D eigenvalue weighted by atomic mass is 35.5. The summed E-state index contributed by atoms with van der Waals surface area (Å²) in [4.78, 5) is 11.6. The average Bonchev–Trinajstić information content (AvgIpc) is 2.69. The molecule has 4 heteroatoms. The molecule has 1 fully saturated rings. The van der Waals surface area contributed by atoms with E-state index in [2.05, 4.69) is 26.1 Å². The lowest BCUT2D eigenvalue weighted by Gasteiger charge is -2.30. The number of carbonyl (C=O) groups is 1. The molecule has 22 heavy (non-hydrogen) atoms. The SMILES string of the molecule is CCOC(=O)c1ccc(NCC2CC(C)C(Cl)C2(C)C)cc1. The van der Waals surface area contributed by atoms with Crippen molar-refractivity contribution < 1.29 is 9.53 Å². The Morgan fingerprint density at radius 1 is 1.36 bits per heavy atom. The summed E-state index contributed by atoms with van der Waals surface area (Å²) in [6, 6.07) is 7.45. The number of benzene rings is 1. The standard InChI is InChI=1S/C18H26ClNO2/c1-5-22-17(21)13-6-8-15(9-7-13)20-11-14-10-12(2)16(19)18(14,3)4/h6-9,12,14,16,20H,5,10-11H2,1-4H3. The number of rotatable bonds is 5. The molecular weight excluding hydrogens is 298 g/mol. The van der Waals surface area contributed by atoms with Gasteiger partial charge >= 0.3 is 5.97 Å². The van der Waals surface area contributed by atoms with Crippen molar-refractivity contribution in [2.45, 2.75) is 39.5 Å². The zero-order valence-corrected chi connectivity index (χ0v) is 14.6. The predicted molar refractivity (Wildman–Crippen MR) is 91.6 cm³/mol. The first kappa shape index (κ1) is 17.1. The van der Waals surface area contributed by atoms with Crippen LogP contribution in [0.3, 0.4) is 0 Å². The van der Waals surface area contributed by atoms with Crippen molar-refractivity contribution in [2.24, 2.45) is 17.3 Å². The van der Waals surface area contributed by atoms with Gasteiger partial charge in [-0.15, -0.1) is 11.6 Å². The van der Waals surface area contributed by atoms with E-state index in [4.69, 9.17) is 16.3 Å². The molecule has 0 aliphatic heterocycles. The summed E-state index contributed by atoms with van der Waals surface area (Å²) in [6.45, 7) is 9.84. The van der Waals surface area contributed by atoms with Crippen molar-refractivity contribution in [3.63, 3.8) is 0 Å². The van der Waals surface area contributed by atoms with E-state index in [0.717, 1.165) is 18.7 Å².